The Bertz CT molecular complexity index is 579. The molecule has 2 N–H and O–H groups in total. The van der Waals surface area contributed by atoms with Gasteiger partial charge in [-0.1, -0.05) is 0 Å². The first-order chi connectivity index (χ1) is 8.61. The van der Waals surface area contributed by atoms with Crippen molar-refractivity contribution in [3.63, 3.8) is 0 Å². The molecule has 2 aromatic carbocycles. The van der Waals surface area contributed by atoms with E-state index in [9.17, 15) is 9.18 Å². The van der Waals surface area contributed by atoms with Crippen molar-refractivity contribution in [2.45, 2.75) is 0 Å². The van der Waals surface area contributed by atoms with Gasteiger partial charge in [-0.2, -0.15) is 0 Å². The van der Waals surface area contributed by atoms with Crippen LogP contribution < -0.4 is 10.5 Å². The van der Waals surface area contributed by atoms with Crippen LogP contribution >= 0.6 is 0 Å². The third kappa shape index (κ3) is 2.32. The van der Waals surface area contributed by atoms with Crippen LogP contribution in [0.5, 0.6) is 5.75 Å². The fraction of sp³-hybridized carbons (Fsp3) is 0.0714. The smallest absolute Gasteiger partial charge is 0.193 e. The molecule has 0 unspecified atom stereocenters. The average Bonchev–Trinajstić information content (AvgIpc) is 2.38. The highest BCUT2D eigenvalue weighted by Gasteiger charge is 2.11. The van der Waals surface area contributed by atoms with Crippen LogP contribution in [0.1, 0.15) is 15.9 Å². The SMILES string of the molecule is COc1ccc(C(=O)c2ccc(N)cc2)cc1F. The monoisotopic (exact) mass is 245 g/mol. The first-order valence-electron chi connectivity index (χ1n) is 5.35. The van der Waals surface area contributed by atoms with Gasteiger partial charge in [0.25, 0.3) is 0 Å². The van der Waals surface area contributed by atoms with Crippen LogP contribution in [0.2, 0.25) is 0 Å². The quantitative estimate of drug-likeness (QED) is 0.668. The molecule has 2 rings (SSSR count). The largest absolute Gasteiger partial charge is 0.494 e. The molecule has 0 fully saturated rings. The predicted octanol–water partition coefficient (Wildman–Crippen LogP) is 2.65. The van der Waals surface area contributed by atoms with Crippen molar-refractivity contribution in [3.05, 3.63) is 59.4 Å². The van der Waals surface area contributed by atoms with Crippen LogP contribution in [0.3, 0.4) is 0 Å². The Morgan fingerprint density at radius 3 is 2.28 bits per heavy atom. The fourth-order valence-corrected chi connectivity index (χ4v) is 1.61. The molecule has 0 atom stereocenters. The number of anilines is 1. The number of rotatable bonds is 3. The molecule has 0 saturated heterocycles. The molecule has 0 spiro atoms. The molecule has 2 aromatic rings. The lowest BCUT2D eigenvalue weighted by atomic mass is 10.0. The van der Waals surface area contributed by atoms with Gasteiger partial charge in [-0.3, -0.25) is 4.79 Å². The molecule has 0 radical (unpaired) electrons. The topological polar surface area (TPSA) is 52.3 Å². The Labute approximate surface area is 104 Å². The Kier molecular flexibility index (Phi) is 3.28. The number of ketones is 1. The van der Waals surface area contributed by atoms with Gasteiger partial charge in [0, 0.05) is 16.8 Å². The first-order valence-corrected chi connectivity index (χ1v) is 5.35. The second-order valence-corrected chi connectivity index (χ2v) is 3.80. The maximum atomic E-state index is 13.5. The van der Waals surface area contributed by atoms with E-state index in [-0.39, 0.29) is 17.1 Å². The second kappa shape index (κ2) is 4.87. The maximum Gasteiger partial charge on any atom is 0.193 e. The van der Waals surface area contributed by atoms with E-state index < -0.39 is 5.82 Å². The molecule has 18 heavy (non-hydrogen) atoms. The third-order valence-corrected chi connectivity index (χ3v) is 2.59. The molecule has 92 valence electrons. The van der Waals surface area contributed by atoms with E-state index in [2.05, 4.69) is 0 Å². The fourth-order valence-electron chi connectivity index (χ4n) is 1.61. The van der Waals surface area contributed by atoms with Crippen molar-refractivity contribution in [2.75, 3.05) is 12.8 Å². The summed E-state index contributed by atoms with van der Waals surface area (Å²) in [6.07, 6.45) is 0. The minimum absolute atomic E-state index is 0.115. The standard InChI is InChI=1S/C14H12FNO2/c1-18-13-7-4-10(8-12(13)15)14(17)9-2-5-11(16)6-3-9/h2-8H,16H2,1H3. The maximum absolute atomic E-state index is 13.5. The van der Waals surface area contributed by atoms with Crippen molar-refractivity contribution in [1.29, 1.82) is 0 Å². The van der Waals surface area contributed by atoms with Crippen molar-refractivity contribution in [2.24, 2.45) is 0 Å². The number of nitrogen functional groups attached to an aromatic ring is 1. The lowest BCUT2D eigenvalue weighted by molar-refractivity contribution is 0.103. The van der Waals surface area contributed by atoms with Crippen LogP contribution in [0.4, 0.5) is 10.1 Å². The number of carbonyl (C=O) groups is 1. The zero-order valence-corrected chi connectivity index (χ0v) is 9.81. The van der Waals surface area contributed by atoms with E-state index in [1.807, 2.05) is 0 Å². The molecule has 0 aliphatic carbocycles. The lowest BCUT2D eigenvalue weighted by Crippen LogP contribution is -2.02. The number of nitrogens with two attached hydrogens (primary N) is 1. The molecule has 4 heteroatoms. The van der Waals surface area contributed by atoms with Gasteiger partial charge in [-0.25, -0.2) is 4.39 Å². The molecule has 0 saturated carbocycles. The van der Waals surface area contributed by atoms with E-state index >= 15 is 0 Å². The second-order valence-electron chi connectivity index (χ2n) is 3.80. The Morgan fingerprint density at radius 2 is 1.72 bits per heavy atom. The van der Waals surface area contributed by atoms with Crippen LogP contribution in [-0.4, -0.2) is 12.9 Å². The molecule has 0 amide bonds. The molecule has 0 heterocycles. The summed E-state index contributed by atoms with van der Waals surface area (Å²) in [5.41, 5.74) is 6.86. The van der Waals surface area contributed by atoms with Crippen molar-refractivity contribution >= 4 is 11.5 Å². The van der Waals surface area contributed by atoms with E-state index in [0.29, 0.717) is 11.3 Å². The summed E-state index contributed by atoms with van der Waals surface area (Å²) in [7, 11) is 1.37. The highest BCUT2D eigenvalue weighted by atomic mass is 19.1. The van der Waals surface area contributed by atoms with Gasteiger partial charge in [-0.15, -0.1) is 0 Å². The number of hydrogen-bond donors (Lipinski definition) is 1. The van der Waals surface area contributed by atoms with Gasteiger partial charge in [0.2, 0.25) is 0 Å². The number of halogens is 1. The van der Waals surface area contributed by atoms with E-state index in [4.69, 9.17) is 10.5 Å². The van der Waals surface area contributed by atoms with Crippen LogP contribution in [0.15, 0.2) is 42.5 Å². The number of hydrogen-bond acceptors (Lipinski definition) is 3. The predicted molar refractivity (Wildman–Crippen MR) is 67.2 cm³/mol. The Balaban J connectivity index is 2.34. The third-order valence-electron chi connectivity index (χ3n) is 2.59. The molecule has 3 nitrogen and oxygen atoms in total. The van der Waals surface area contributed by atoms with E-state index in [0.717, 1.165) is 6.07 Å². The van der Waals surface area contributed by atoms with Crippen molar-refractivity contribution in [1.82, 2.24) is 0 Å². The summed E-state index contributed by atoms with van der Waals surface area (Å²) in [5, 5.41) is 0. The van der Waals surface area contributed by atoms with Gasteiger partial charge in [0.15, 0.2) is 17.3 Å². The lowest BCUT2D eigenvalue weighted by Gasteiger charge is -2.05. The summed E-state index contributed by atoms with van der Waals surface area (Å²) < 4.78 is 18.3. The number of ether oxygens (including phenoxy) is 1. The van der Waals surface area contributed by atoms with Gasteiger partial charge >= 0.3 is 0 Å². The zero-order valence-electron chi connectivity index (χ0n) is 9.81. The van der Waals surface area contributed by atoms with Gasteiger partial charge in [0.05, 0.1) is 7.11 Å². The summed E-state index contributed by atoms with van der Waals surface area (Å²) in [6.45, 7) is 0. The normalized spacial score (nSPS) is 10.1. The van der Waals surface area contributed by atoms with Crippen molar-refractivity contribution < 1.29 is 13.9 Å². The average molecular weight is 245 g/mol. The van der Waals surface area contributed by atoms with Crippen LogP contribution in [0, 0.1) is 5.82 Å². The summed E-state index contributed by atoms with van der Waals surface area (Å²) in [5.74, 6) is -0.695. The molecule has 0 aliphatic heterocycles. The number of benzene rings is 2. The molecule has 0 aromatic heterocycles. The molecule has 0 aliphatic rings. The molecular formula is C14H12FNO2. The molecular weight excluding hydrogens is 233 g/mol. The summed E-state index contributed by atoms with van der Waals surface area (Å²) in [4.78, 5) is 12.1. The summed E-state index contributed by atoms with van der Waals surface area (Å²) >= 11 is 0. The number of methoxy groups -OCH3 is 1. The van der Waals surface area contributed by atoms with E-state index in [1.54, 1.807) is 24.3 Å². The number of carbonyl (C=O) groups excluding carboxylic acids is 1. The minimum atomic E-state index is -0.557. The summed E-state index contributed by atoms with van der Waals surface area (Å²) in [6, 6.07) is 10.6. The highest BCUT2D eigenvalue weighted by molar-refractivity contribution is 6.09. The Hall–Kier alpha value is -2.36. The van der Waals surface area contributed by atoms with Crippen LogP contribution in [-0.2, 0) is 0 Å². The first kappa shape index (κ1) is 12.1. The van der Waals surface area contributed by atoms with E-state index in [1.165, 1.54) is 19.2 Å². The minimum Gasteiger partial charge on any atom is -0.494 e. The van der Waals surface area contributed by atoms with Gasteiger partial charge in [-0.05, 0) is 42.5 Å². The molecule has 0 bridgehead atoms. The van der Waals surface area contributed by atoms with Gasteiger partial charge in [0.1, 0.15) is 0 Å². The van der Waals surface area contributed by atoms with Gasteiger partial charge < -0.3 is 10.5 Å². The van der Waals surface area contributed by atoms with Crippen molar-refractivity contribution in [3.8, 4) is 5.75 Å². The zero-order chi connectivity index (χ0) is 13.1. The highest BCUT2D eigenvalue weighted by Crippen LogP contribution is 2.20. The Morgan fingerprint density at radius 1 is 1.11 bits per heavy atom. The van der Waals surface area contributed by atoms with Crippen LogP contribution in [0.25, 0.3) is 0 Å².